The van der Waals surface area contributed by atoms with Crippen LogP contribution < -0.4 is 5.73 Å². The minimum Gasteiger partial charge on any atom is -0.461 e. The van der Waals surface area contributed by atoms with Gasteiger partial charge in [0.25, 0.3) is 0 Å². The molecule has 0 spiro atoms. The topological polar surface area (TPSA) is 95.1 Å². The molecule has 102 valence electrons. The van der Waals surface area contributed by atoms with Gasteiger partial charge in [-0.3, -0.25) is 4.98 Å². The first kappa shape index (κ1) is 11.6. The Morgan fingerprint density at radius 3 is 2.86 bits per heavy atom. The molecule has 4 aromatic rings. The summed E-state index contributed by atoms with van der Waals surface area (Å²) in [7, 11) is 0. The quantitative estimate of drug-likeness (QED) is 0.602. The summed E-state index contributed by atoms with van der Waals surface area (Å²) < 4.78 is 6.89. The van der Waals surface area contributed by atoms with Crippen LogP contribution >= 0.6 is 0 Å². The summed E-state index contributed by atoms with van der Waals surface area (Å²) in [5.74, 6) is 1.36. The number of nitrogen functional groups attached to an aromatic ring is 1. The Labute approximate surface area is 119 Å². The lowest BCUT2D eigenvalue weighted by Gasteiger charge is -2.02. The Kier molecular flexibility index (Phi) is 2.43. The monoisotopic (exact) mass is 278 g/mol. The second kappa shape index (κ2) is 4.41. The van der Waals surface area contributed by atoms with E-state index in [0.29, 0.717) is 28.7 Å². The van der Waals surface area contributed by atoms with Crippen molar-refractivity contribution in [3.05, 3.63) is 49.1 Å². The molecule has 0 saturated heterocycles. The number of furan rings is 1. The number of nitrogens with zero attached hydrogens (tertiary/aromatic N) is 5. The highest BCUT2D eigenvalue weighted by atomic mass is 16.3. The first-order valence-corrected chi connectivity index (χ1v) is 6.28. The summed E-state index contributed by atoms with van der Waals surface area (Å²) in [4.78, 5) is 12.8. The highest BCUT2D eigenvalue weighted by molar-refractivity contribution is 5.68. The zero-order chi connectivity index (χ0) is 14.2. The molecule has 0 saturated carbocycles. The van der Waals surface area contributed by atoms with E-state index < -0.39 is 0 Å². The summed E-state index contributed by atoms with van der Waals surface area (Å²) in [6.45, 7) is 0. The van der Waals surface area contributed by atoms with Crippen LogP contribution in [0.5, 0.6) is 0 Å². The smallest absolute Gasteiger partial charge is 0.218 e. The maximum atomic E-state index is 5.98. The van der Waals surface area contributed by atoms with Crippen molar-refractivity contribution in [2.75, 3.05) is 5.73 Å². The van der Waals surface area contributed by atoms with Gasteiger partial charge in [-0.1, -0.05) is 0 Å². The molecule has 0 bridgehead atoms. The Bertz CT molecular complexity index is 898. The van der Waals surface area contributed by atoms with Gasteiger partial charge in [-0.25, -0.2) is 14.5 Å². The molecular weight excluding hydrogens is 268 g/mol. The zero-order valence-electron chi connectivity index (χ0n) is 10.8. The van der Waals surface area contributed by atoms with Gasteiger partial charge in [0, 0.05) is 18.0 Å². The van der Waals surface area contributed by atoms with Crippen molar-refractivity contribution in [2.45, 2.75) is 0 Å². The highest BCUT2D eigenvalue weighted by Crippen LogP contribution is 2.22. The number of rotatable bonds is 2. The molecular formula is C14H10N6O. The number of anilines is 1. The highest BCUT2D eigenvalue weighted by Gasteiger charge is 2.13. The van der Waals surface area contributed by atoms with Crippen LogP contribution in [0, 0.1) is 0 Å². The zero-order valence-corrected chi connectivity index (χ0v) is 10.8. The SMILES string of the molecule is Nc1nc(-c2cccnc2)cn2nc(-c3ccco3)nc12. The molecule has 2 N–H and O–H groups in total. The Morgan fingerprint density at radius 1 is 1.14 bits per heavy atom. The predicted molar refractivity (Wildman–Crippen MR) is 76.1 cm³/mol. The third-order valence-corrected chi connectivity index (χ3v) is 3.04. The Hall–Kier alpha value is -3.22. The number of fused-ring (bicyclic) bond motifs is 1. The first-order chi connectivity index (χ1) is 10.3. The second-order valence-electron chi connectivity index (χ2n) is 4.43. The van der Waals surface area contributed by atoms with E-state index in [1.807, 2.05) is 12.1 Å². The number of hydrogen-bond donors (Lipinski definition) is 1. The molecule has 4 rings (SSSR count). The lowest BCUT2D eigenvalue weighted by molar-refractivity contribution is 0.577. The van der Waals surface area contributed by atoms with E-state index in [1.165, 1.54) is 0 Å². The van der Waals surface area contributed by atoms with Gasteiger partial charge in [-0.05, 0) is 24.3 Å². The summed E-state index contributed by atoms with van der Waals surface area (Å²) in [5.41, 5.74) is 8.02. The lowest BCUT2D eigenvalue weighted by Crippen LogP contribution is -1.99. The summed E-state index contributed by atoms with van der Waals surface area (Å²) >= 11 is 0. The Balaban J connectivity index is 1.90. The Morgan fingerprint density at radius 2 is 2.10 bits per heavy atom. The van der Waals surface area contributed by atoms with Gasteiger partial charge in [-0.2, -0.15) is 0 Å². The van der Waals surface area contributed by atoms with Crippen molar-refractivity contribution < 1.29 is 4.42 Å². The molecule has 0 aliphatic heterocycles. The van der Waals surface area contributed by atoms with Gasteiger partial charge in [0.05, 0.1) is 18.2 Å². The van der Waals surface area contributed by atoms with E-state index in [1.54, 1.807) is 41.5 Å². The van der Waals surface area contributed by atoms with Gasteiger partial charge in [0.2, 0.25) is 5.82 Å². The molecule has 7 nitrogen and oxygen atoms in total. The van der Waals surface area contributed by atoms with Gasteiger partial charge in [0.1, 0.15) is 0 Å². The fraction of sp³-hybridized carbons (Fsp3) is 0. The van der Waals surface area contributed by atoms with Crippen molar-refractivity contribution >= 4 is 11.5 Å². The maximum absolute atomic E-state index is 5.98. The fourth-order valence-corrected chi connectivity index (χ4v) is 2.08. The van der Waals surface area contributed by atoms with Gasteiger partial charge in [-0.15, -0.1) is 5.10 Å². The van der Waals surface area contributed by atoms with E-state index in [0.717, 1.165) is 5.56 Å². The van der Waals surface area contributed by atoms with Crippen molar-refractivity contribution in [3.63, 3.8) is 0 Å². The normalized spacial score (nSPS) is 11.0. The van der Waals surface area contributed by atoms with Crippen LogP contribution in [0.2, 0.25) is 0 Å². The summed E-state index contributed by atoms with van der Waals surface area (Å²) in [6, 6.07) is 7.32. The van der Waals surface area contributed by atoms with Crippen molar-refractivity contribution in [2.24, 2.45) is 0 Å². The standard InChI is InChI=1S/C14H10N6O/c15-12-14-18-13(11-4-2-6-21-11)19-20(14)8-10(17-12)9-3-1-5-16-7-9/h1-8H,(H2,15,17). The van der Waals surface area contributed by atoms with Crippen LogP contribution in [-0.2, 0) is 0 Å². The van der Waals surface area contributed by atoms with E-state index in [2.05, 4.69) is 20.1 Å². The van der Waals surface area contributed by atoms with E-state index >= 15 is 0 Å². The van der Waals surface area contributed by atoms with Crippen LogP contribution in [0.25, 0.3) is 28.5 Å². The van der Waals surface area contributed by atoms with E-state index in [4.69, 9.17) is 10.2 Å². The molecule has 0 amide bonds. The molecule has 0 aliphatic carbocycles. The molecule has 0 atom stereocenters. The van der Waals surface area contributed by atoms with Crippen molar-refractivity contribution in [1.82, 2.24) is 24.6 Å². The predicted octanol–water partition coefficient (Wildman–Crippen LogP) is 2.03. The molecule has 4 aromatic heterocycles. The average molecular weight is 278 g/mol. The van der Waals surface area contributed by atoms with Gasteiger partial charge in [0.15, 0.2) is 17.2 Å². The minimum atomic E-state index is 0.307. The molecule has 0 aliphatic rings. The van der Waals surface area contributed by atoms with Crippen LogP contribution in [0.15, 0.2) is 53.5 Å². The van der Waals surface area contributed by atoms with Gasteiger partial charge < -0.3 is 10.2 Å². The average Bonchev–Trinajstić information content (AvgIpc) is 3.17. The molecule has 4 heterocycles. The third-order valence-electron chi connectivity index (χ3n) is 3.04. The fourth-order valence-electron chi connectivity index (χ4n) is 2.08. The van der Waals surface area contributed by atoms with Crippen LogP contribution in [-0.4, -0.2) is 24.6 Å². The van der Waals surface area contributed by atoms with Crippen molar-refractivity contribution in [3.8, 4) is 22.8 Å². The lowest BCUT2D eigenvalue weighted by atomic mass is 10.2. The number of hydrogen-bond acceptors (Lipinski definition) is 6. The summed E-state index contributed by atoms with van der Waals surface area (Å²) in [6.07, 6.45) is 6.76. The molecule has 0 aromatic carbocycles. The minimum absolute atomic E-state index is 0.307. The van der Waals surface area contributed by atoms with Crippen molar-refractivity contribution in [1.29, 1.82) is 0 Å². The van der Waals surface area contributed by atoms with E-state index in [-0.39, 0.29) is 0 Å². The molecule has 0 radical (unpaired) electrons. The van der Waals surface area contributed by atoms with Crippen LogP contribution in [0.4, 0.5) is 5.82 Å². The summed E-state index contributed by atoms with van der Waals surface area (Å²) in [5, 5.41) is 4.37. The first-order valence-electron chi connectivity index (χ1n) is 6.28. The second-order valence-corrected chi connectivity index (χ2v) is 4.43. The van der Waals surface area contributed by atoms with Crippen LogP contribution in [0.1, 0.15) is 0 Å². The number of nitrogens with two attached hydrogens (primary N) is 1. The van der Waals surface area contributed by atoms with Gasteiger partial charge >= 0.3 is 0 Å². The molecule has 0 unspecified atom stereocenters. The largest absolute Gasteiger partial charge is 0.461 e. The third kappa shape index (κ3) is 1.91. The molecule has 21 heavy (non-hydrogen) atoms. The maximum Gasteiger partial charge on any atom is 0.218 e. The number of pyridine rings is 1. The van der Waals surface area contributed by atoms with E-state index in [9.17, 15) is 0 Å². The molecule has 0 fully saturated rings. The van der Waals surface area contributed by atoms with Crippen LogP contribution in [0.3, 0.4) is 0 Å². The number of aromatic nitrogens is 5. The molecule has 7 heteroatoms.